The molecule has 1 N–H and O–H groups in total. The zero-order valence-electron chi connectivity index (χ0n) is 13.2. The van der Waals surface area contributed by atoms with Crippen molar-refractivity contribution >= 4 is 34.6 Å². The number of aryl methyl sites for hydroxylation is 3. The summed E-state index contributed by atoms with van der Waals surface area (Å²) in [5.41, 5.74) is 5.11. The van der Waals surface area contributed by atoms with E-state index in [1.165, 1.54) is 5.01 Å². The summed E-state index contributed by atoms with van der Waals surface area (Å²) in [7, 11) is 0. The number of thioether (sulfide) groups is 1. The fraction of sp³-hybridized carbons (Fsp3) is 0.400. The van der Waals surface area contributed by atoms with Crippen molar-refractivity contribution in [3.8, 4) is 0 Å². The predicted octanol–water partition coefficient (Wildman–Crippen LogP) is 3.59. The lowest BCUT2D eigenvalue weighted by Gasteiger charge is -2.08. The van der Waals surface area contributed by atoms with E-state index in [0.29, 0.717) is 6.54 Å². The molecule has 0 radical (unpaired) electrons. The maximum atomic E-state index is 4.63. The van der Waals surface area contributed by atoms with Crippen LogP contribution in [0.2, 0.25) is 0 Å². The van der Waals surface area contributed by atoms with Crippen LogP contribution in [-0.4, -0.2) is 25.8 Å². The minimum absolute atomic E-state index is 0.696. The van der Waals surface area contributed by atoms with E-state index in [-0.39, 0.29) is 0 Å². The van der Waals surface area contributed by atoms with Crippen molar-refractivity contribution in [2.45, 2.75) is 33.1 Å². The van der Waals surface area contributed by atoms with E-state index in [2.05, 4.69) is 38.9 Å². The summed E-state index contributed by atoms with van der Waals surface area (Å²) < 4.78 is 1.88. The van der Waals surface area contributed by atoms with Gasteiger partial charge in [0.1, 0.15) is 10.8 Å². The minimum atomic E-state index is 0.696. The Labute approximate surface area is 138 Å². The summed E-state index contributed by atoms with van der Waals surface area (Å²) in [6, 6.07) is 2.02. The fourth-order valence-electron chi connectivity index (χ4n) is 2.28. The highest BCUT2D eigenvalue weighted by atomic mass is 32.2. The average Bonchev–Trinajstić information content (AvgIpc) is 3.04. The number of fused-ring (bicyclic) bond motifs is 1. The number of hydrogen-bond acceptors (Lipinski definition) is 6. The number of anilines is 1. The second-order valence-corrected chi connectivity index (χ2v) is 7.06. The van der Waals surface area contributed by atoms with Crippen LogP contribution in [0.4, 0.5) is 5.82 Å². The van der Waals surface area contributed by atoms with Gasteiger partial charge in [0, 0.05) is 28.5 Å². The lowest BCUT2D eigenvalue weighted by Crippen LogP contribution is -2.07. The number of thiazole rings is 1. The monoisotopic (exact) mass is 333 g/mol. The van der Waals surface area contributed by atoms with Crippen molar-refractivity contribution in [2.75, 3.05) is 11.6 Å². The molecule has 0 saturated heterocycles. The van der Waals surface area contributed by atoms with Gasteiger partial charge in [-0.1, -0.05) is 0 Å². The zero-order chi connectivity index (χ0) is 15.7. The summed E-state index contributed by atoms with van der Waals surface area (Å²) in [4.78, 5) is 9.21. The SMILES string of the molecule is CSCc1nc(CNc2cc(C)nc3c(C)c(C)nn23)cs1. The third-order valence-corrected chi connectivity index (χ3v) is 5.15. The van der Waals surface area contributed by atoms with E-state index in [0.717, 1.165) is 39.9 Å². The molecule has 3 aromatic heterocycles. The van der Waals surface area contributed by atoms with Crippen molar-refractivity contribution in [2.24, 2.45) is 0 Å². The molecule has 0 spiro atoms. The van der Waals surface area contributed by atoms with Gasteiger partial charge in [0.25, 0.3) is 0 Å². The molecular weight excluding hydrogens is 314 g/mol. The van der Waals surface area contributed by atoms with Crippen molar-refractivity contribution in [1.82, 2.24) is 19.6 Å². The van der Waals surface area contributed by atoms with E-state index >= 15 is 0 Å². The summed E-state index contributed by atoms with van der Waals surface area (Å²) in [5, 5.41) is 11.3. The molecule has 0 aliphatic rings. The summed E-state index contributed by atoms with van der Waals surface area (Å²) >= 11 is 3.51. The van der Waals surface area contributed by atoms with Gasteiger partial charge >= 0.3 is 0 Å². The normalized spacial score (nSPS) is 11.3. The third kappa shape index (κ3) is 2.96. The van der Waals surface area contributed by atoms with Crippen LogP contribution in [0.25, 0.3) is 5.65 Å². The smallest absolute Gasteiger partial charge is 0.160 e. The van der Waals surface area contributed by atoms with E-state index in [1.807, 2.05) is 24.4 Å². The Balaban J connectivity index is 1.85. The molecule has 0 bridgehead atoms. The van der Waals surface area contributed by atoms with Gasteiger partial charge in [0.15, 0.2) is 5.65 Å². The Morgan fingerprint density at radius 2 is 2.09 bits per heavy atom. The molecule has 22 heavy (non-hydrogen) atoms. The van der Waals surface area contributed by atoms with Gasteiger partial charge in [0.2, 0.25) is 0 Å². The van der Waals surface area contributed by atoms with E-state index < -0.39 is 0 Å². The molecule has 0 aromatic carbocycles. The lowest BCUT2D eigenvalue weighted by atomic mass is 10.3. The van der Waals surface area contributed by atoms with Gasteiger partial charge in [-0.05, 0) is 27.0 Å². The van der Waals surface area contributed by atoms with Gasteiger partial charge in [-0.2, -0.15) is 21.4 Å². The van der Waals surface area contributed by atoms with Gasteiger partial charge in [0.05, 0.1) is 17.9 Å². The highest BCUT2D eigenvalue weighted by Gasteiger charge is 2.11. The largest absolute Gasteiger partial charge is 0.364 e. The number of nitrogens with one attached hydrogen (secondary N) is 1. The molecule has 116 valence electrons. The Morgan fingerprint density at radius 3 is 2.86 bits per heavy atom. The fourth-order valence-corrected chi connectivity index (χ4v) is 3.79. The molecule has 0 unspecified atom stereocenters. The molecule has 0 aliphatic heterocycles. The molecule has 0 atom stereocenters. The Bertz CT molecular complexity index is 806. The third-order valence-electron chi connectivity index (χ3n) is 3.50. The first-order chi connectivity index (χ1) is 10.6. The lowest BCUT2D eigenvalue weighted by molar-refractivity contribution is 0.895. The Morgan fingerprint density at radius 1 is 1.27 bits per heavy atom. The molecule has 3 rings (SSSR count). The van der Waals surface area contributed by atoms with E-state index in [9.17, 15) is 0 Å². The number of rotatable bonds is 5. The Kier molecular flexibility index (Phi) is 4.35. The van der Waals surface area contributed by atoms with Crippen LogP contribution in [-0.2, 0) is 12.3 Å². The van der Waals surface area contributed by atoms with Gasteiger partial charge in [-0.15, -0.1) is 11.3 Å². The first kappa shape index (κ1) is 15.3. The van der Waals surface area contributed by atoms with Gasteiger partial charge in [-0.3, -0.25) is 0 Å². The van der Waals surface area contributed by atoms with Crippen molar-refractivity contribution in [3.63, 3.8) is 0 Å². The number of aromatic nitrogens is 4. The van der Waals surface area contributed by atoms with Crippen molar-refractivity contribution < 1.29 is 0 Å². The molecule has 0 amide bonds. The van der Waals surface area contributed by atoms with Crippen LogP contribution in [0, 0.1) is 20.8 Å². The first-order valence-corrected chi connectivity index (χ1v) is 9.35. The molecule has 0 aliphatic carbocycles. The van der Waals surface area contributed by atoms with Gasteiger partial charge in [-0.25, -0.2) is 9.97 Å². The van der Waals surface area contributed by atoms with Crippen molar-refractivity contribution in [1.29, 1.82) is 0 Å². The molecule has 0 fully saturated rings. The first-order valence-electron chi connectivity index (χ1n) is 7.08. The predicted molar refractivity (Wildman–Crippen MR) is 93.9 cm³/mol. The Hall–Kier alpha value is -1.60. The van der Waals surface area contributed by atoms with Crippen LogP contribution >= 0.6 is 23.1 Å². The second-order valence-electron chi connectivity index (χ2n) is 5.25. The second kappa shape index (κ2) is 6.26. The minimum Gasteiger partial charge on any atom is -0.364 e. The van der Waals surface area contributed by atoms with Crippen LogP contribution in [0.5, 0.6) is 0 Å². The highest BCUT2D eigenvalue weighted by molar-refractivity contribution is 7.97. The van der Waals surface area contributed by atoms with Crippen LogP contribution < -0.4 is 5.32 Å². The molecule has 5 nitrogen and oxygen atoms in total. The quantitative estimate of drug-likeness (QED) is 0.773. The average molecular weight is 333 g/mol. The molecule has 7 heteroatoms. The number of hydrogen-bond donors (Lipinski definition) is 1. The van der Waals surface area contributed by atoms with Crippen LogP contribution in [0.15, 0.2) is 11.4 Å². The van der Waals surface area contributed by atoms with E-state index in [4.69, 9.17) is 0 Å². The van der Waals surface area contributed by atoms with Crippen LogP contribution in [0.1, 0.15) is 27.7 Å². The maximum absolute atomic E-state index is 4.63. The summed E-state index contributed by atoms with van der Waals surface area (Å²) in [5.74, 6) is 1.93. The summed E-state index contributed by atoms with van der Waals surface area (Å²) in [6.45, 7) is 6.77. The maximum Gasteiger partial charge on any atom is 0.160 e. The standard InChI is InChI=1S/C15H19N5S2/c1-9-5-13(20-15(17-9)10(2)11(3)19-20)16-6-12-7-22-14(18-12)8-21-4/h5,7,16H,6,8H2,1-4H3. The molecule has 3 heterocycles. The summed E-state index contributed by atoms with van der Waals surface area (Å²) in [6.07, 6.45) is 2.10. The molecule has 0 saturated carbocycles. The van der Waals surface area contributed by atoms with Gasteiger partial charge < -0.3 is 5.32 Å². The van der Waals surface area contributed by atoms with Crippen molar-refractivity contribution in [3.05, 3.63) is 39.1 Å². The van der Waals surface area contributed by atoms with E-state index in [1.54, 1.807) is 23.1 Å². The number of nitrogens with zero attached hydrogens (tertiary/aromatic N) is 4. The topological polar surface area (TPSA) is 55.1 Å². The highest BCUT2D eigenvalue weighted by Crippen LogP contribution is 2.20. The van der Waals surface area contributed by atoms with Crippen LogP contribution in [0.3, 0.4) is 0 Å². The molecule has 3 aromatic rings. The molecular formula is C15H19N5S2. The zero-order valence-corrected chi connectivity index (χ0v) is 14.8.